The zero-order chi connectivity index (χ0) is 25.3. The average Bonchev–Trinajstić information content (AvgIpc) is 3.27. The van der Waals surface area contributed by atoms with Gasteiger partial charge in [0.2, 0.25) is 0 Å². The summed E-state index contributed by atoms with van der Waals surface area (Å²) in [5.41, 5.74) is 0. The minimum atomic E-state index is -1.81. The lowest BCUT2D eigenvalue weighted by Crippen LogP contribution is -2.58. The monoisotopic (exact) mass is 504 g/mol. The maximum atomic E-state index is 10.3. The van der Waals surface area contributed by atoms with Gasteiger partial charge in [-0.05, 0) is 0 Å². The van der Waals surface area contributed by atoms with Gasteiger partial charge in [-0.25, -0.2) is 0 Å². The first-order valence-corrected chi connectivity index (χ1v) is 10.6. The van der Waals surface area contributed by atoms with Crippen molar-refractivity contribution in [1.29, 1.82) is 0 Å². The van der Waals surface area contributed by atoms with Gasteiger partial charge in [0.25, 0.3) is 0 Å². The molecule has 3 fully saturated rings. The molecule has 16 nitrogen and oxygen atoms in total. The van der Waals surface area contributed by atoms with E-state index >= 15 is 0 Å². The van der Waals surface area contributed by atoms with E-state index in [1.165, 1.54) is 0 Å². The van der Waals surface area contributed by atoms with E-state index in [-0.39, 0.29) is 0 Å². The molecule has 0 aromatic heterocycles. The summed E-state index contributed by atoms with van der Waals surface area (Å²) < 4.78 is 26.2. The van der Waals surface area contributed by atoms with Crippen molar-refractivity contribution < 1.29 is 79.9 Å². The lowest BCUT2D eigenvalue weighted by Gasteiger charge is -2.38. The molecule has 0 spiro atoms. The van der Waals surface area contributed by atoms with Crippen molar-refractivity contribution in [3.05, 3.63) is 0 Å². The summed E-state index contributed by atoms with van der Waals surface area (Å²) in [7, 11) is 0. The second-order valence-corrected chi connectivity index (χ2v) is 8.38. The maximum absolute atomic E-state index is 10.3. The molecule has 0 saturated carbocycles. The summed E-state index contributed by atoms with van der Waals surface area (Å²) in [6.45, 7) is -2.13. The molecular formula is C18H32O16. The molecule has 3 saturated heterocycles. The van der Waals surface area contributed by atoms with Gasteiger partial charge in [-0.3, -0.25) is 0 Å². The Bertz CT molecular complexity index is 641. The smallest absolute Gasteiger partial charge is 0.187 e. The molecule has 0 unspecified atom stereocenters. The highest BCUT2D eigenvalue weighted by molar-refractivity contribution is 4.95. The number of ether oxygens (including phenoxy) is 5. The van der Waals surface area contributed by atoms with E-state index in [0.717, 1.165) is 0 Å². The lowest BCUT2D eigenvalue weighted by molar-refractivity contribution is -0.299. The predicted octanol–water partition coefficient (Wildman–Crippen LogP) is -7.57. The average molecular weight is 504 g/mol. The van der Waals surface area contributed by atoms with Crippen molar-refractivity contribution in [3.63, 3.8) is 0 Å². The molecule has 0 aromatic carbocycles. The Balaban J connectivity index is 1.59. The van der Waals surface area contributed by atoms with Crippen molar-refractivity contribution in [2.24, 2.45) is 0 Å². The third-order valence-corrected chi connectivity index (χ3v) is 6.05. The highest BCUT2D eigenvalue weighted by Crippen LogP contribution is 2.31. The Morgan fingerprint density at radius 3 is 1.82 bits per heavy atom. The molecule has 0 aromatic rings. The van der Waals surface area contributed by atoms with Crippen LogP contribution in [0.25, 0.3) is 0 Å². The van der Waals surface area contributed by atoms with Crippen LogP contribution in [0.3, 0.4) is 0 Å². The predicted molar refractivity (Wildman–Crippen MR) is 101 cm³/mol. The number of aliphatic hydroxyl groups excluding tert-OH is 11. The quantitative estimate of drug-likeness (QED) is 0.139. The molecular weight excluding hydrogens is 472 g/mol. The fraction of sp³-hybridized carbons (Fsp3) is 1.00. The van der Waals surface area contributed by atoms with Crippen LogP contribution in [0.2, 0.25) is 0 Å². The van der Waals surface area contributed by atoms with Crippen molar-refractivity contribution in [1.82, 2.24) is 0 Å². The largest absolute Gasteiger partial charge is 0.394 e. The van der Waals surface area contributed by atoms with Gasteiger partial charge in [-0.2, -0.15) is 0 Å². The van der Waals surface area contributed by atoms with E-state index in [2.05, 4.69) is 0 Å². The van der Waals surface area contributed by atoms with Gasteiger partial charge in [0.15, 0.2) is 18.9 Å². The summed E-state index contributed by atoms with van der Waals surface area (Å²) in [6.07, 6.45) is -23.9. The molecule has 0 amide bonds. The van der Waals surface area contributed by atoms with Gasteiger partial charge < -0.3 is 79.9 Å². The summed E-state index contributed by atoms with van der Waals surface area (Å²) in [4.78, 5) is 0. The third kappa shape index (κ3) is 5.52. The molecule has 0 aliphatic carbocycles. The third-order valence-electron chi connectivity index (χ3n) is 6.05. The Kier molecular flexibility index (Phi) is 9.54. The molecule has 3 rings (SSSR count). The fourth-order valence-electron chi connectivity index (χ4n) is 3.98. The molecule has 15 atom stereocenters. The Hall–Kier alpha value is -0.640. The molecule has 0 bridgehead atoms. The molecule has 34 heavy (non-hydrogen) atoms. The van der Waals surface area contributed by atoms with E-state index in [0.29, 0.717) is 0 Å². The molecule has 11 N–H and O–H groups in total. The lowest BCUT2D eigenvalue weighted by atomic mass is 9.99. The number of rotatable bonds is 9. The van der Waals surface area contributed by atoms with Crippen molar-refractivity contribution in [2.75, 3.05) is 19.8 Å². The summed E-state index contributed by atoms with van der Waals surface area (Å²) in [6, 6.07) is 0. The van der Waals surface area contributed by atoms with Crippen LogP contribution in [0.1, 0.15) is 0 Å². The summed E-state index contributed by atoms with van der Waals surface area (Å²) in [5.74, 6) is 0. The Labute approximate surface area is 192 Å². The molecule has 0 radical (unpaired) electrons. The van der Waals surface area contributed by atoms with Crippen LogP contribution in [0.5, 0.6) is 0 Å². The van der Waals surface area contributed by atoms with Crippen LogP contribution in [-0.4, -0.2) is 168 Å². The Morgan fingerprint density at radius 2 is 1.21 bits per heavy atom. The van der Waals surface area contributed by atoms with Crippen LogP contribution >= 0.6 is 0 Å². The maximum Gasteiger partial charge on any atom is 0.187 e. The van der Waals surface area contributed by atoms with E-state index in [9.17, 15) is 51.1 Å². The fourth-order valence-corrected chi connectivity index (χ4v) is 3.98. The van der Waals surface area contributed by atoms with Crippen LogP contribution in [0.4, 0.5) is 0 Å². The summed E-state index contributed by atoms with van der Waals surface area (Å²) >= 11 is 0. The van der Waals surface area contributed by atoms with E-state index in [1.54, 1.807) is 0 Å². The molecule has 200 valence electrons. The normalized spacial score (nSPS) is 49.3. The SMILES string of the molecule is OC[C@@H](O)[C@@H]1O[C@@H](O[C@H](CO)[C@@H]2O[C@@H](OC[C@H]3O[C@H](O)[C@@H](O)[C@@H](O)[C@@H]3O)[C@H](O)[C@H]2O)[C@H](O)[C@H]1O. The first-order valence-electron chi connectivity index (χ1n) is 10.6. The molecule has 16 heteroatoms. The van der Waals surface area contributed by atoms with E-state index < -0.39 is 112 Å². The zero-order valence-electron chi connectivity index (χ0n) is 17.7. The summed E-state index contributed by atoms with van der Waals surface area (Å²) in [5, 5.41) is 108. The topological polar surface area (TPSA) is 269 Å². The van der Waals surface area contributed by atoms with Crippen LogP contribution in [0, 0.1) is 0 Å². The first kappa shape index (κ1) is 27.9. The second-order valence-electron chi connectivity index (χ2n) is 8.38. The second kappa shape index (κ2) is 11.6. The highest BCUT2D eigenvalue weighted by Gasteiger charge is 2.52. The van der Waals surface area contributed by atoms with Crippen molar-refractivity contribution in [2.45, 2.75) is 92.1 Å². The van der Waals surface area contributed by atoms with Crippen molar-refractivity contribution in [3.8, 4) is 0 Å². The van der Waals surface area contributed by atoms with Crippen LogP contribution in [0.15, 0.2) is 0 Å². The standard InChI is InChI=1S/C18H32O16/c19-1-4(21)14-9(24)13(28)18(33-14)32-5(2-20)15-10(25)12(27)17(34-15)30-3-6-7(22)8(23)11(26)16(29)31-6/h4-29H,1-3H2/t4-,5-,6-,7-,8+,9-,10-,11+,12-,13-,14+,15+,16+,17-,18-/m1/s1. The van der Waals surface area contributed by atoms with Crippen molar-refractivity contribution >= 4 is 0 Å². The minimum Gasteiger partial charge on any atom is -0.394 e. The molecule has 3 heterocycles. The zero-order valence-corrected chi connectivity index (χ0v) is 17.7. The van der Waals surface area contributed by atoms with Gasteiger partial charge in [-0.15, -0.1) is 0 Å². The van der Waals surface area contributed by atoms with Crippen LogP contribution in [-0.2, 0) is 23.7 Å². The number of hydrogen-bond donors (Lipinski definition) is 11. The van der Waals surface area contributed by atoms with Gasteiger partial charge in [0.1, 0.15) is 73.2 Å². The highest BCUT2D eigenvalue weighted by atomic mass is 16.7. The number of hydrogen-bond acceptors (Lipinski definition) is 16. The minimum absolute atomic E-state index is 0.550. The first-order chi connectivity index (χ1) is 16.0. The van der Waals surface area contributed by atoms with E-state index in [4.69, 9.17) is 28.8 Å². The van der Waals surface area contributed by atoms with E-state index in [1.807, 2.05) is 0 Å². The Morgan fingerprint density at radius 1 is 0.618 bits per heavy atom. The van der Waals surface area contributed by atoms with Gasteiger partial charge >= 0.3 is 0 Å². The van der Waals surface area contributed by atoms with Gasteiger partial charge in [-0.1, -0.05) is 0 Å². The molecule has 3 aliphatic heterocycles. The molecule has 3 aliphatic rings. The van der Waals surface area contributed by atoms with Gasteiger partial charge in [0, 0.05) is 0 Å². The number of aliphatic hydroxyl groups is 11. The van der Waals surface area contributed by atoms with Gasteiger partial charge in [0.05, 0.1) is 19.8 Å². The van der Waals surface area contributed by atoms with Crippen LogP contribution < -0.4 is 0 Å².